The van der Waals surface area contributed by atoms with Gasteiger partial charge in [-0.25, -0.2) is 0 Å². The van der Waals surface area contributed by atoms with E-state index in [1.54, 1.807) is 0 Å². The molecule has 0 bridgehead atoms. The van der Waals surface area contributed by atoms with Crippen LogP contribution >= 0.6 is 0 Å². The zero-order valence-corrected chi connectivity index (χ0v) is 13.5. The van der Waals surface area contributed by atoms with Gasteiger partial charge in [0, 0.05) is 0 Å². The average Bonchev–Trinajstić information content (AvgIpc) is 2.68. The van der Waals surface area contributed by atoms with Crippen LogP contribution in [0.2, 0.25) is 0 Å². The van der Waals surface area contributed by atoms with Gasteiger partial charge in [-0.2, -0.15) is 5.48 Å². The second kappa shape index (κ2) is 7.30. The molecule has 4 nitrogen and oxygen atoms in total. The van der Waals surface area contributed by atoms with E-state index in [1.807, 2.05) is 96.5 Å². The summed E-state index contributed by atoms with van der Waals surface area (Å²) in [5, 5.41) is 19.7. The first-order valence-electron chi connectivity index (χ1n) is 8.00. The van der Waals surface area contributed by atoms with Crippen molar-refractivity contribution in [2.45, 2.75) is 11.5 Å². The fourth-order valence-electron chi connectivity index (χ4n) is 3.44. The lowest BCUT2D eigenvalue weighted by Gasteiger charge is -2.39. The van der Waals surface area contributed by atoms with Crippen molar-refractivity contribution in [1.82, 2.24) is 5.48 Å². The molecule has 0 aliphatic rings. The summed E-state index contributed by atoms with van der Waals surface area (Å²) in [6.45, 7) is 0. The summed E-state index contributed by atoms with van der Waals surface area (Å²) in [4.78, 5) is 12.1. The number of carboxylic acids is 1. The van der Waals surface area contributed by atoms with Gasteiger partial charge >= 0.3 is 5.97 Å². The molecule has 3 aromatic rings. The largest absolute Gasteiger partial charge is 0.480 e. The highest BCUT2D eigenvalue weighted by Gasteiger charge is 2.47. The van der Waals surface area contributed by atoms with Gasteiger partial charge in [0.2, 0.25) is 0 Å². The molecule has 25 heavy (non-hydrogen) atoms. The van der Waals surface area contributed by atoms with Crippen molar-refractivity contribution in [2.24, 2.45) is 0 Å². The van der Waals surface area contributed by atoms with Gasteiger partial charge in [-0.05, 0) is 16.7 Å². The van der Waals surface area contributed by atoms with Gasteiger partial charge in [-0.1, -0.05) is 91.0 Å². The number of carbonyl (C=O) groups is 1. The first-order valence-corrected chi connectivity index (χ1v) is 8.00. The molecule has 0 aliphatic carbocycles. The van der Waals surface area contributed by atoms with E-state index in [0.29, 0.717) is 0 Å². The second-order valence-corrected chi connectivity index (χ2v) is 5.81. The monoisotopic (exact) mass is 333 g/mol. The molecule has 3 N–H and O–H groups in total. The number of hydrogen-bond acceptors (Lipinski definition) is 3. The third-order valence-corrected chi connectivity index (χ3v) is 4.50. The van der Waals surface area contributed by atoms with E-state index in [2.05, 4.69) is 0 Å². The Balaban J connectivity index is 2.42. The Kier molecular flexibility index (Phi) is 4.93. The first kappa shape index (κ1) is 16.9. The van der Waals surface area contributed by atoms with Crippen LogP contribution in [0, 0.1) is 0 Å². The Labute approximate surface area is 146 Å². The Morgan fingerprint density at radius 1 is 0.720 bits per heavy atom. The maximum absolute atomic E-state index is 12.1. The van der Waals surface area contributed by atoms with E-state index in [-0.39, 0.29) is 0 Å². The molecular weight excluding hydrogens is 314 g/mol. The van der Waals surface area contributed by atoms with Crippen LogP contribution in [0.4, 0.5) is 0 Å². The molecule has 0 aliphatic heterocycles. The van der Waals surface area contributed by atoms with E-state index < -0.39 is 17.4 Å². The van der Waals surface area contributed by atoms with Gasteiger partial charge in [0.15, 0.2) is 0 Å². The van der Waals surface area contributed by atoms with Gasteiger partial charge in [0.05, 0.1) is 5.41 Å². The van der Waals surface area contributed by atoms with E-state index in [9.17, 15) is 15.1 Å². The molecule has 0 unspecified atom stereocenters. The highest BCUT2D eigenvalue weighted by Crippen LogP contribution is 2.42. The summed E-state index contributed by atoms with van der Waals surface area (Å²) in [6, 6.07) is 26.9. The minimum Gasteiger partial charge on any atom is -0.480 e. The van der Waals surface area contributed by atoms with Gasteiger partial charge in [0.25, 0.3) is 0 Å². The topological polar surface area (TPSA) is 69.6 Å². The molecule has 0 saturated heterocycles. The predicted octanol–water partition coefficient (Wildman–Crippen LogP) is 3.45. The molecule has 0 aromatic heterocycles. The maximum Gasteiger partial charge on any atom is 0.324 e. The molecule has 0 radical (unpaired) electrons. The third-order valence-electron chi connectivity index (χ3n) is 4.50. The van der Waals surface area contributed by atoms with Gasteiger partial charge in [0.1, 0.15) is 6.04 Å². The van der Waals surface area contributed by atoms with Crippen LogP contribution in [0.15, 0.2) is 91.0 Å². The normalized spacial score (nSPS) is 12.5. The number of carboxylic acid groups (broad SMARTS) is 1. The van der Waals surface area contributed by atoms with Crippen molar-refractivity contribution in [2.75, 3.05) is 0 Å². The van der Waals surface area contributed by atoms with Crippen molar-refractivity contribution in [1.29, 1.82) is 0 Å². The fourth-order valence-corrected chi connectivity index (χ4v) is 3.44. The Hall–Kier alpha value is -2.95. The van der Waals surface area contributed by atoms with Gasteiger partial charge in [-0.15, -0.1) is 0 Å². The summed E-state index contributed by atoms with van der Waals surface area (Å²) in [7, 11) is 0. The van der Waals surface area contributed by atoms with Crippen molar-refractivity contribution >= 4 is 5.97 Å². The summed E-state index contributed by atoms with van der Waals surface area (Å²) in [5.41, 5.74) is 3.28. The summed E-state index contributed by atoms with van der Waals surface area (Å²) >= 11 is 0. The quantitative estimate of drug-likeness (QED) is 0.477. The molecule has 0 heterocycles. The third kappa shape index (κ3) is 2.93. The number of benzene rings is 3. The Bertz CT molecular complexity index is 723. The van der Waals surface area contributed by atoms with Crippen LogP contribution < -0.4 is 5.48 Å². The molecule has 126 valence electrons. The zero-order valence-electron chi connectivity index (χ0n) is 13.5. The van der Waals surface area contributed by atoms with Crippen LogP contribution in [0.1, 0.15) is 16.7 Å². The lowest BCUT2D eigenvalue weighted by molar-refractivity contribution is -0.144. The van der Waals surface area contributed by atoms with Crippen molar-refractivity contribution < 1.29 is 15.1 Å². The van der Waals surface area contributed by atoms with Crippen molar-refractivity contribution in [3.63, 3.8) is 0 Å². The SMILES string of the molecule is O=C(O)[C@@H](NO)C(c1ccccc1)(c1ccccc1)c1ccccc1. The molecule has 0 spiro atoms. The van der Waals surface area contributed by atoms with Crippen LogP contribution in [0.5, 0.6) is 0 Å². The van der Waals surface area contributed by atoms with E-state index in [0.717, 1.165) is 16.7 Å². The molecule has 1 atom stereocenters. The summed E-state index contributed by atoms with van der Waals surface area (Å²) < 4.78 is 0. The Morgan fingerprint density at radius 3 is 1.28 bits per heavy atom. The van der Waals surface area contributed by atoms with E-state index in [1.165, 1.54) is 0 Å². The average molecular weight is 333 g/mol. The molecule has 0 amide bonds. The smallest absolute Gasteiger partial charge is 0.324 e. The second-order valence-electron chi connectivity index (χ2n) is 5.81. The lowest BCUT2D eigenvalue weighted by atomic mass is 9.65. The van der Waals surface area contributed by atoms with Crippen LogP contribution in [0.25, 0.3) is 0 Å². The standard InChI is InChI=1S/C21H19NO3/c23-20(24)19(22-25)21(16-10-4-1-5-11-16,17-12-6-2-7-13-17)18-14-8-3-9-15-18/h1-15,19,22,25H,(H,23,24)/t19-/m1/s1. The minimum atomic E-state index is -1.26. The predicted molar refractivity (Wildman–Crippen MR) is 95.6 cm³/mol. The lowest BCUT2D eigenvalue weighted by Crippen LogP contribution is -2.53. The van der Waals surface area contributed by atoms with Crippen molar-refractivity contribution in [3.8, 4) is 0 Å². The van der Waals surface area contributed by atoms with Crippen molar-refractivity contribution in [3.05, 3.63) is 108 Å². The van der Waals surface area contributed by atoms with E-state index >= 15 is 0 Å². The molecule has 0 fully saturated rings. The number of hydroxylamine groups is 1. The Morgan fingerprint density at radius 2 is 1.04 bits per heavy atom. The highest BCUT2D eigenvalue weighted by molar-refractivity contribution is 5.79. The zero-order chi connectivity index (χ0) is 17.7. The number of aliphatic carboxylic acids is 1. The molecule has 0 saturated carbocycles. The van der Waals surface area contributed by atoms with Crippen LogP contribution in [0.3, 0.4) is 0 Å². The molecular formula is C21H19NO3. The molecule has 4 heteroatoms. The van der Waals surface area contributed by atoms with Gasteiger partial charge < -0.3 is 10.3 Å². The molecule has 3 rings (SSSR count). The number of rotatable bonds is 6. The number of hydrogen-bond donors (Lipinski definition) is 3. The van der Waals surface area contributed by atoms with Crippen LogP contribution in [-0.4, -0.2) is 22.3 Å². The summed E-state index contributed by atoms with van der Waals surface area (Å²) in [6.07, 6.45) is 0. The fraction of sp³-hybridized carbons (Fsp3) is 0.0952. The summed E-state index contributed by atoms with van der Waals surface area (Å²) in [5.74, 6) is -1.14. The van der Waals surface area contributed by atoms with E-state index in [4.69, 9.17) is 0 Å². The van der Waals surface area contributed by atoms with Crippen LogP contribution in [-0.2, 0) is 10.2 Å². The minimum absolute atomic E-state index is 0.779. The maximum atomic E-state index is 12.1. The number of nitrogens with one attached hydrogen (secondary N) is 1. The first-order chi connectivity index (χ1) is 12.2. The highest BCUT2D eigenvalue weighted by atomic mass is 16.5. The molecule has 3 aromatic carbocycles. The van der Waals surface area contributed by atoms with Gasteiger partial charge in [-0.3, -0.25) is 4.79 Å².